The van der Waals surface area contributed by atoms with Gasteiger partial charge in [0.2, 0.25) is 0 Å². The van der Waals surface area contributed by atoms with Crippen LogP contribution in [0.5, 0.6) is 0 Å². The molecular formula is C12H22N2O3. The maximum absolute atomic E-state index is 10.9. The topological polar surface area (TPSA) is 64.0 Å². The fourth-order valence-electron chi connectivity index (χ4n) is 2.93. The smallest absolute Gasteiger partial charge is 0.336 e. The van der Waals surface area contributed by atoms with Crippen LogP contribution in [0.2, 0.25) is 0 Å². The number of hydrogen-bond acceptors (Lipinski definition) is 4. The molecule has 0 aromatic carbocycles. The van der Waals surface area contributed by atoms with Gasteiger partial charge < -0.3 is 10.2 Å². The molecule has 98 valence electrons. The van der Waals surface area contributed by atoms with Crippen molar-refractivity contribution >= 4 is 5.97 Å². The second-order valence-electron chi connectivity index (χ2n) is 5.65. The molecule has 17 heavy (non-hydrogen) atoms. The van der Waals surface area contributed by atoms with Crippen molar-refractivity contribution in [3.05, 3.63) is 0 Å². The largest absolute Gasteiger partial charge is 0.479 e. The van der Waals surface area contributed by atoms with Crippen molar-refractivity contribution in [2.45, 2.75) is 44.4 Å². The van der Waals surface area contributed by atoms with Gasteiger partial charge in [-0.3, -0.25) is 9.80 Å². The standard InChI is InChI=1S/C12H22N2O3/c1-9-6-13-5-3-4-10(13)7-14(9)8-12(2,17)11(15)16/h9-10,17H,3-8H2,1-2H3,(H,15,16). The van der Waals surface area contributed by atoms with Crippen molar-refractivity contribution in [3.8, 4) is 0 Å². The van der Waals surface area contributed by atoms with E-state index in [1.54, 1.807) is 0 Å². The third-order valence-corrected chi connectivity index (χ3v) is 4.04. The highest BCUT2D eigenvalue weighted by Gasteiger charge is 2.39. The summed E-state index contributed by atoms with van der Waals surface area (Å²) in [5.74, 6) is -1.14. The molecule has 2 aliphatic rings. The number of piperazine rings is 1. The Hall–Kier alpha value is -0.650. The normalized spacial score (nSPS) is 34.3. The molecule has 0 spiro atoms. The Balaban J connectivity index is 1.99. The summed E-state index contributed by atoms with van der Waals surface area (Å²) in [4.78, 5) is 15.5. The molecule has 0 bridgehead atoms. The van der Waals surface area contributed by atoms with Crippen molar-refractivity contribution in [2.24, 2.45) is 0 Å². The summed E-state index contributed by atoms with van der Waals surface area (Å²) in [7, 11) is 0. The second kappa shape index (κ2) is 4.55. The van der Waals surface area contributed by atoms with E-state index in [1.165, 1.54) is 19.8 Å². The van der Waals surface area contributed by atoms with Crippen molar-refractivity contribution < 1.29 is 15.0 Å². The van der Waals surface area contributed by atoms with Crippen molar-refractivity contribution in [2.75, 3.05) is 26.2 Å². The zero-order valence-electron chi connectivity index (χ0n) is 10.6. The summed E-state index contributed by atoms with van der Waals surface area (Å²) in [5.41, 5.74) is -1.64. The van der Waals surface area contributed by atoms with E-state index in [4.69, 9.17) is 5.11 Å². The molecule has 3 atom stereocenters. The summed E-state index contributed by atoms with van der Waals surface area (Å²) < 4.78 is 0. The number of β-amino-alcohol motifs (C(OH)–C–C–N with tert-alkyl or cyclic N) is 1. The zero-order chi connectivity index (χ0) is 12.6. The number of aliphatic hydroxyl groups is 1. The molecule has 2 N–H and O–H groups in total. The average Bonchev–Trinajstić information content (AvgIpc) is 2.64. The molecule has 2 fully saturated rings. The van der Waals surface area contributed by atoms with Gasteiger partial charge >= 0.3 is 5.97 Å². The van der Waals surface area contributed by atoms with E-state index in [-0.39, 0.29) is 6.54 Å². The van der Waals surface area contributed by atoms with Gasteiger partial charge in [-0.1, -0.05) is 0 Å². The van der Waals surface area contributed by atoms with Gasteiger partial charge in [0.1, 0.15) is 0 Å². The molecule has 3 unspecified atom stereocenters. The van der Waals surface area contributed by atoms with Gasteiger partial charge in [0.15, 0.2) is 5.60 Å². The molecule has 0 amide bonds. The first-order chi connectivity index (χ1) is 7.90. The van der Waals surface area contributed by atoms with E-state index in [1.807, 2.05) is 0 Å². The van der Waals surface area contributed by atoms with E-state index in [9.17, 15) is 9.90 Å². The van der Waals surface area contributed by atoms with Crippen molar-refractivity contribution in [3.63, 3.8) is 0 Å². The predicted octanol–water partition coefficient (Wildman–Crippen LogP) is -0.00950. The lowest BCUT2D eigenvalue weighted by atomic mass is 10.0. The minimum absolute atomic E-state index is 0.216. The summed E-state index contributed by atoms with van der Waals surface area (Å²) >= 11 is 0. The first-order valence-corrected chi connectivity index (χ1v) is 6.34. The average molecular weight is 242 g/mol. The highest BCUT2D eigenvalue weighted by atomic mass is 16.4. The summed E-state index contributed by atoms with van der Waals surface area (Å²) in [6.07, 6.45) is 2.43. The Morgan fingerprint density at radius 3 is 2.82 bits per heavy atom. The lowest BCUT2D eigenvalue weighted by Gasteiger charge is -2.44. The first-order valence-electron chi connectivity index (χ1n) is 6.34. The lowest BCUT2D eigenvalue weighted by molar-refractivity contribution is -0.159. The van der Waals surface area contributed by atoms with Crippen LogP contribution < -0.4 is 0 Å². The van der Waals surface area contributed by atoms with E-state index in [0.717, 1.165) is 19.6 Å². The number of fused-ring (bicyclic) bond motifs is 1. The Morgan fingerprint density at radius 1 is 1.47 bits per heavy atom. The number of hydrogen-bond donors (Lipinski definition) is 2. The molecule has 2 aliphatic heterocycles. The minimum atomic E-state index is -1.64. The fraction of sp³-hybridized carbons (Fsp3) is 0.917. The Kier molecular flexibility index (Phi) is 3.43. The van der Waals surface area contributed by atoms with Gasteiger partial charge in [-0.15, -0.1) is 0 Å². The molecule has 0 aliphatic carbocycles. The molecule has 2 heterocycles. The van der Waals surface area contributed by atoms with Gasteiger partial charge in [-0.05, 0) is 33.2 Å². The summed E-state index contributed by atoms with van der Waals surface area (Å²) in [6.45, 7) is 6.73. The molecule has 2 saturated heterocycles. The molecule has 5 heteroatoms. The molecule has 5 nitrogen and oxygen atoms in total. The van der Waals surface area contributed by atoms with Gasteiger partial charge in [0.05, 0.1) is 0 Å². The van der Waals surface area contributed by atoms with Crippen LogP contribution in [-0.2, 0) is 4.79 Å². The van der Waals surface area contributed by atoms with Gasteiger partial charge in [-0.2, -0.15) is 0 Å². The number of aliphatic carboxylic acids is 1. The molecule has 0 radical (unpaired) electrons. The lowest BCUT2D eigenvalue weighted by Crippen LogP contribution is -2.59. The van der Waals surface area contributed by atoms with Gasteiger partial charge in [-0.25, -0.2) is 4.79 Å². The summed E-state index contributed by atoms with van der Waals surface area (Å²) in [5, 5.41) is 18.8. The highest BCUT2D eigenvalue weighted by Crippen LogP contribution is 2.25. The Morgan fingerprint density at radius 2 is 2.18 bits per heavy atom. The Labute approximate surface area is 102 Å². The number of carbonyl (C=O) groups is 1. The van der Waals surface area contributed by atoms with E-state index in [2.05, 4.69) is 16.7 Å². The monoisotopic (exact) mass is 242 g/mol. The van der Waals surface area contributed by atoms with E-state index in [0.29, 0.717) is 12.1 Å². The number of nitrogens with zero attached hydrogens (tertiary/aromatic N) is 2. The van der Waals surface area contributed by atoms with E-state index < -0.39 is 11.6 Å². The number of carboxylic acid groups (broad SMARTS) is 1. The second-order valence-corrected chi connectivity index (χ2v) is 5.65. The van der Waals surface area contributed by atoms with Crippen LogP contribution >= 0.6 is 0 Å². The van der Waals surface area contributed by atoms with Crippen LogP contribution in [0.4, 0.5) is 0 Å². The van der Waals surface area contributed by atoms with Gasteiger partial charge in [0, 0.05) is 31.7 Å². The van der Waals surface area contributed by atoms with Crippen molar-refractivity contribution in [1.29, 1.82) is 0 Å². The van der Waals surface area contributed by atoms with E-state index >= 15 is 0 Å². The van der Waals surface area contributed by atoms with Crippen molar-refractivity contribution in [1.82, 2.24) is 9.80 Å². The van der Waals surface area contributed by atoms with Crippen LogP contribution in [0.25, 0.3) is 0 Å². The number of rotatable bonds is 3. The first kappa shape index (κ1) is 12.8. The third kappa shape index (κ3) is 2.61. The van der Waals surface area contributed by atoms with Gasteiger partial charge in [0.25, 0.3) is 0 Å². The highest BCUT2D eigenvalue weighted by molar-refractivity contribution is 5.76. The van der Waals surface area contributed by atoms with Crippen LogP contribution in [-0.4, -0.2) is 69.8 Å². The Bertz CT molecular complexity index is 306. The molecule has 0 aromatic heterocycles. The van der Waals surface area contributed by atoms with Crippen LogP contribution in [0.1, 0.15) is 26.7 Å². The maximum atomic E-state index is 10.9. The van der Waals surface area contributed by atoms with Crippen LogP contribution in [0, 0.1) is 0 Å². The maximum Gasteiger partial charge on any atom is 0.336 e. The zero-order valence-corrected chi connectivity index (χ0v) is 10.6. The molecule has 0 aromatic rings. The fourth-order valence-corrected chi connectivity index (χ4v) is 2.93. The molecule has 0 saturated carbocycles. The number of carboxylic acids is 1. The minimum Gasteiger partial charge on any atom is -0.479 e. The summed E-state index contributed by atoms with van der Waals surface area (Å²) in [6, 6.07) is 0.867. The van der Waals surface area contributed by atoms with Crippen LogP contribution in [0.3, 0.4) is 0 Å². The predicted molar refractivity (Wildman–Crippen MR) is 63.9 cm³/mol. The third-order valence-electron chi connectivity index (χ3n) is 4.04. The SMILES string of the molecule is CC1CN2CCCC2CN1CC(C)(O)C(=O)O. The quantitative estimate of drug-likeness (QED) is 0.729. The molecular weight excluding hydrogens is 220 g/mol. The molecule has 2 rings (SSSR count). The van der Waals surface area contributed by atoms with Crippen LogP contribution in [0.15, 0.2) is 0 Å².